The van der Waals surface area contributed by atoms with Crippen molar-refractivity contribution in [3.8, 4) is 0 Å². The molecule has 0 bridgehead atoms. The molecule has 2 aromatic rings. The Balaban J connectivity index is 1.39. The van der Waals surface area contributed by atoms with Gasteiger partial charge in [-0.05, 0) is 43.7 Å². The summed E-state index contributed by atoms with van der Waals surface area (Å²) in [7, 11) is 0. The van der Waals surface area contributed by atoms with Crippen molar-refractivity contribution in [2.75, 3.05) is 26.2 Å². The van der Waals surface area contributed by atoms with Crippen molar-refractivity contribution >= 4 is 22.8 Å². The second kappa shape index (κ2) is 9.27. The largest absolute Gasteiger partial charge is 0.357 e. The average Bonchev–Trinajstić information content (AvgIpc) is 3.43. The third kappa shape index (κ3) is 5.25. The van der Waals surface area contributed by atoms with Crippen molar-refractivity contribution in [1.82, 2.24) is 20.5 Å². The van der Waals surface area contributed by atoms with Crippen LogP contribution < -0.4 is 16.0 Å². The molecule has 1 amide bonds. The van der Waals surface area contributed by atoms with Crippen LogP contribution in [-0.4, -0.2) is 42.6 Å². The molecule has 0 saturated heterocycles. The zero-order valence-corrected chi connectivity index (χ0v) is 15.5. The molecule has 3 rings (SSSR count). The van der Waals surface area contributed by atoms with Gasteiger partial charge in [-0.1, -0.05) is 18.2 Å². The summed E-state index contributed by atoms with van der Waals surface area (Å²) in [5, 5.41) is 10.8. The van der Waals surface area contributed by atoms with Crippen LogP contribution in [0, 0.1) is 5.92 Å². The molecule has 3 N–H and O–H groups in total. The SMILES string of the molecule is CCNC(=NCCCn1ccc2ccccc21)NCCNC(=O)C1CC1. The highest BCUT2D eigenvalue weighted by Crippen LogP contribution is 2.28. The van der Waals surface area contributed by atoms with Crippen LogP contribution in [-0.2, 0) is 11.3 Å². The highest BCUT2D eigenvalue weighted by molar-refractivity contribution is 5.81. The van der Waals surface area contributed by atoms with Crippen molar-refractivity contribution < 1.29 is 4.79 Å². The summed E-state index contributed by atoms with van der Waals surface area (Å²) in [5.41, 5.74) is 1.27. The van der Waals surface area contributed by atoms with E-state index in [4.69, 9.17) is 0 Å². The molecule has 0 unspecified atom stereocenters. The number of nitrogens with zero attached hydrogens (tertiary/aromatic N) is 2. The van der Waals surface area contributed by atoms with Gasteiger partial charge in [0, 0.05) is 50.4 Å². The van der Waals surface area contributed by atoms with E-state index in [1.807, 2.05) is 0 Å². The highest BCUT2D eigenvalue weighted by Gasteiger charge is 2.28. The molecule has 0 radical (unpaired) electrons. The van der Waals surface area contributed by atoms with Crippen LogP contribution >= 0.6 is 0 Å². The maximum absolute atomic E-state index is 11.6. The fourth-order valence-electron chi connectivity index (χ4n) is 2.97. The summed E-state index contributed by atoms with van der Waals surface area (Å²) in [6, 6.07) is 10.6. The van der Waals surface area contributed by atoms with Crippen LogP contribution in [0.25, 0.3) is 10.9 Å². The molecule has 1 saturated carbocycles. The number of para-hydroxylation sites is 1. The van der Waals surface area contributed by atoms with Crippen LogP contribution in [0.15, 0.2) is 41.5 Å². The molecule has 1 aromatic carbocycles. The van der Waals surface area contributed by atoms with Crippen LogP contribution in [0.3, 0.4) is 0 Å². The lowest BCUT2D eigenvalue weighted by atomic mass is 10.2. The standard InChI is InChI=1S/C20H29N5O/c1-2-21-20(24-13-12-22-19(26)17-8-9-17)23-11-5-14-25-15-10-16-6-3-4-7-18(16)25/h3-4,6-7,10,15,17H,2,5,8-9,11-14H2,1H3,(H,22,26)(H2,21,23,24). The number of aromatic nitrogens is 1. The first-order chi connectivity index (χ1) is 12.8. The predicted octanol–water partition coefficient (Wildman–Crippen LogP) is 2.11. The van der Waals surface area contributed by atoms with Crippen molar-refractivity contribution in [2.45, 2.75) is 32.7 Å². The molecule has 0 spiro atoms. The Morgan fingerprint density at radius 1 is 1.15 bits per heavy atom. The molecule has 1 aromatic heterocycles. The molecule has 1 heterocycles. The number of carbonyl (C=O) groups excluding carboxylic acids is 1. The fraction of sp³-hybridized carbons (Fsp3) is 0.500. The van der Waals surface area contributed by atoms with Gasteiger partial charge >= 0.3 is 0 Å². The lowest BCUT2D eigenvalue weighted by Gasteiger charge is -2.12. The normalized spacial score (nSPS) is 14.4. The highest BCUT2D eigenvalue weighted by atomic mass is 16.2. The molecule has 0 atom stereocenters. The van der Waals surface area contributed by atoms with Gasteiger partial charge in [-0.15, -0.1) is 0 Å². The summed E-state index contributed by atoms with van der Waals surface area (Å²) >= 11 is 0. The molecule has 26 heavy (non-hydrogen) atoms. The van der Waals surface area contributed by atoms with Gasteiger partial charge in [-0.2, -0.15) is 0 Å². The second-order valence-electron chi connectivity index (χ2n) is 6.67. The Labute approximate surface area is 155 Å². The van der Waals surface area contributed by atoms with E-state index in [1.54, 1.807) is 0 Å². The Bertz CT molecular complexity index is 747. The molecule has 1 aliphatic rings. The summed E-state index contributed by atoms with van der Waals surface area (Å²) in [5.74, 6) is 1.26. The topological polar surface area (TPSA) is 70.5 Å². The zero-order valence-electron chi connectivity index (χ0n) is 15.5. The maximum Gasteiger partial charge on any atom is 0.223 e. The third-order valence-corrected chi connectivity index (χ3v) is 4.52. The number of aliphatic imine (C=N–C) groups is 1. The van der Waals surface area contributed by atoms with Crippen molar-refractivity contribution in [2.24, 2.45) is 10.9 Å². The van der Waals surface area contributed by atoms with Crippen LogP contribution in [0.4, 0.5) is 0 Å². The Kier molecular flexibility index (Phi) is 6.52. The lowest BCUT2D eigenvalue weighted by molar-refractivity contribution is -0.122. The number of hydrogen-bond donors (Lipinski definition) is 3. The van der Waals surface area contributed by atoms with E-state index in [2.05, 4.69) is 69.0 Å². The Morgan fingerprint density at radius 2 is 1.96 bits per heavy atom. The first kappa shape index (κ1) is 18.3. The number of benzene rings is 1. The van der Waals surface area contributed by atoms with Crippen molar-refractivity contribution in [3.63, 3.8) is 0 Å². The van der Waals surface area contributed by atoms with E-state index in [1.165, 1.54) is 10.9 Å². The Morgan fingerprint density at radius 3 is 2.77 bits per heavy atom. The van der Waals surface area contributed by atoms with Gasteiger partial charge in [-0.25, -0.2) is 0 Å². The number of hydrogen-bond acceptors (Lipinski definition) is 2. The van der Waals surface area contributed by atoms with Crippen LogP contribution in [0.2, 0.25) is 0 Å². The molecule has 1 aliphatic carbocycles. The van der Waals surface area contributed by atoms with E-state index in [0.29, 0.717) is 13.1 Å². The molecule has 1 fully saturated rings. The molecule has 6 heteroatoms. The first-order valence-corrected chi connectivity index (χ1v) is 9.61. The summed E-state index contributed by atoms with van der Waals surface area (Å²) in [6.45, 7) is 5.91. The lowest BCUT2D eigenvalue weighted by Crippen LogP contribution is -2.41. The van der Waals surface area contributed by atoms with Gasteiger partial charge in [-0.3, -0.25) is 9.79 Å². The zero-order chi connectivity index (χ0) is 18.2. The van der Waals surface area contributed by atoms with E-state index >= 15 is 0 Å². The minimum absolute atomic E-state index is 0.188. The van der Waals surface area contributed by atoms with Gasteiger partial charge in [0.2, 0.25) is 5.91 Å². The summed E-state index contributed by atoms with van der Waals surface area (Å²) in [4.78, 5) is 16.2. The quantitative estimate of drug-likeness (QED) is 0.367. The number of carbonyl (C=O) groups is 1. The number of rotatable bonds is 9. The van der Waals surface area contributed by atoms with Crippen molar-refractivity contribution in [3.05, 3.63) is 36.5 Å². The molecular formula is C20H29N5O. The van der Waals surface area contributed by atoms with Gasteiger partial charge in [0.15, 0.2) is 5.96 Å². The minimum Gasteiger partial charge on any atom is -0.357 e. The van der Waals surface area contributed by atoms with Gasteiger partial charge in [0.05, 0.1) is 0 Å². The van der Waals surface area contributed by atoms with E-state index < -0.39 is 0 Å². The Hall–Kier alpha value is -2.50. The van der Waals surface area contributed by atoms with E-state index in [9.17, 15) is 4.79 Å². The molecule has 6 nitrogen and oxygen atoms in total. The number of fused-ring (bicyclic) bond motifs is 1. The van der Waals surface area contributed by atoms with Crippen molar-refractivity contribution in [1.29, 1.82) is 0 Å². The third-order valence-electron chi connectivity index (χ3n) is 4.52. The fourth-order valence-corrected chi connectivity index (χ4v) is 2.97. The van der Waals surface area contributed by atoms with Gasteiger partial charge in [0.1, 0.15) is 0 Å². The monoisotopic (exact) mass is 355 g/mol. The van der Waals surface area contributed by atoms with E-state index in [-0.39, 0.29) is 11.8 Å². The van der Waals surface area contributed by atoms with Gasteiger partial charge in [0.25, 0.3) is 0 Å². The number of guanidine groups is 1. The maximum atomic E-state index is 11.6. The average molecular weight is 355 g/mol. The minimum atomic E-state index is 0.188. The van der Waals surface area contributed by atoms with E-state index in [0.717, 1.165) is 44.9 Å². The summed E-state index contributed by atoms with van der Waals surface area (Å²) in [6.07, 6.45) is 5.20. The van der Waals surface area contributed by atoms with Crippen LogP contribution in [0.5, 0.6) is 0 Å². The van der Waals surface area contributed by atoms with Crippen LogP contribution in [0.1, 0.15) is 26.2 Å². The summed E-state index contributed by atoms with van der Waals surface area (Å²) < 4.78 is 2.28. The number of nitrogens with one attached hydrogen (secondary N) is 3. The molecule has 0 aliphatic heterocycles. The second-order valence-corrected chi connectivity index (χ2v) is 6.67. The number of amides is 1. The van der Waals surface area contributed by atoms with Gasteiger partial charge < -0.3 is 20.5 Å². The smallest absolute Gasteiger partial charge is 0.223 e. The first-order valence-electron chi connectivity index (χ1n) is 9.61. The molecule has 140 valence electrons. The molecular weight excluding hydrogens is 326 g/mol. The number of aryl methyl sites for hydroxylation is 1. The predicted molar refractivity (Wildman–Crippen MR) is 106 cm³/mol.